The minimum Gasteiger partial charge on any atom is -0.436 e. The zero-order valence-corrected chi connectivity index (χ0v) is 18.8. The molecular formula is C21H32N3O5P. The Morgan fingerprint density at radius 3 is 2.37 bits per heavy atom. The van der Waals surface area contributed by atoms with Crippen molar-refractivity contribution in [3.63, 3.8) is 0 Å². The van der Waals surface area contributed by atoms with Gasteiger partial charge in [0, 0.05) is 39.5 Å². The van der Waals surface area contributed by atoms with Crippen LogP contribution in [-0.4, -0.2) is 47.1 Å². The number of nitrogens with one attached hydrogen (secondary N) is 1. The first-order chi connectivity index (χ1) is 14.5. The number of ether oxygens (including phenoxy) is 1. The molecule has 1 fully saturated rings. The molecule has 2 atom stereocenters. The maximum atomic E-state index is 10.5. The van der Waals surface area contributed by atoms with Gasteiger partial charge in [-0.2, -0.15) is 0 Å². The van der Waals surface area contributed by atoms with Gasteiger partial charge < -0.3 is 18.4 Å². The van der Waals surface area contributed by atoms with E-state index in [1.165, 1.54) is 36.1 Å². The highest BCUT2D eigenvalue weighted by atomic mass is 31.2. The third-order valence-electron chi connectivity index (χ3n) is 4.65. The Kier molecular flexibility index (Phi) is 10.8. The van der Waals surface area contributed by atoms with Crippen LogP contribution in [0.3, 0.4) is 0 Å². The number of H-pyrrole nitrogens is 1. The lowest BCUT2D eigenvalue weighted by atomic mass is 10.2. The Morgan fingerprint density at radius 1 is 1.10 bits per heavy atom. The summed E-state index contributed by atoms with van der Waals surface area (Å²) in [5, 5.41) is 0. The smallest absolute Gasteiger partial charge is 0.328 e. The standard InChI is InChI=1S/C16H26NO3P.C5H6N2O2/c1-3-15(18-2)14-19-21(17-12-8-5-9-13-17)20-16-10-6-4-7-11-16;1-7-3-2-4(8)6-5(7)9/h4,6-7,10-11,15H,3,5,8-9,12-14H2,1-2H3;2-3H,1H3,(H,6,8,9). The second-order valence-electron chi connectivity index (χ2n) is 6.94. The van der Waals surface area contributed by atoms with E-state index in [2.05, 4.69) is 16.6 Å². The molecule has 0 bridgehead atoms. The largest absolute Gasteiger partial charge is 0.436 e. The lowest BCUT2D eigenvalue weighted by Crippen LogP contribution is -2.29. The average Bonchev–Trinajstić information content (AvgIpc) is 2.78. The van der Waals surface area contributed by atoms with Crippen molar-refractivity contribution in [1.29, 1.82) is 0 Å². The molecule has 2 aromatic rings. The van der Waals surface area contributed by atoms with Crippen molar-refractivity contribution in [2.24, 2.45) is 7.05 Å². The van der Waals surface area contributed by atoms with E-state index in [9.17, 15) is 9.59 Å². The van der Waals surface area contributed by atoms with Crippen LogP contribution >= 0.6 is 8.53 Å². The van der Waals surface area contributed by atoms with E-state index >= 15 is 0 Å². The topological polar surface area (TPSA) is 85.8 Å². The molecule has 2 unspecified atom stereocenters. The van der Waals surface area contributed by atoms with Crippen LogP contribution in [0.15, 0.2) is 52.2 Å². The molecule has 1 aromatic heterocycles. The first-order valence-electron chi connectivity index (χ1n) is 10.2. The van der Waals surface area contributed by atoms with Gasteiger partial charge in [0.1, 0.15) is 5.75 Å². The van der Waals surface area contributed by atoms with Crippen LogP contribution in [0.1, 0.15) is 32.6 Å². The molecule has 1 aliphatic heterocycles. The van der Waals surface area contributed by atoms with Crippen molar-refractivity contribution in [3.05, 3.63) is 63.4 Å². The number of nitrogens with zero attached hydrogens (tertiary/aromatic N) is 2. The maximum absolute atomic E-state index is 10.5. The summed E-state index contributed by atoms with van der Waals surface area (Å²) in [6, 6.07) is 11.2. The maximum Gasteiger partial charge on any atom is 0.328 e. The van der Waals surface area contributed by atoms with Gasteiger partial charge in [-0.05, 0) is 31.4 Å². The van der Waals surface area contributed by atoms with E-state index in [4.69, 9.17) is 13.8 Å². The molecule has 1 aromatic carbocycles. The van der Waals surface area contributed by atoms with E-state index in [1.54, 1.807) is 14.2 Å². The fourth-order valence-corrected chi connectivity index (χ4v) is 4.30. The van der Waals surface area contributed by atoms with E-state index in [1.807, 2.05) is 30.3 Å². The van der Waals surface area contributed by atoms with Gasteiger partial charge in [0.05, 0.1) is 12.7 Å². The summed E-state index contributed by atoms with van der Waals surface area (Å²) in [7, 11) is 2.26. The summed E-state index contributed by atoms with van der Waals surface area (Å²) in [6.45, 7) is 4.81. The molecular weight excluding hydrogens is 405 g/mol. The number of aromatic amines is 1. The summed E-state index contributed by atoms with van der Waals surface area (Å²) >= 11 is 0. The average molecular weight is 437 g/mol. The van der Waals surface area contributed by atoms with Crippen molar-refractivity contribution in [2.45, 2.75) is 38.7 Å². The monoisotopic (exact) mass is 437 g/mol. The number of hydrogen-bond donors (Lipinski definition) is 1. The Morgan fingerprint density at radius 2 is 1.80 bits per heavy atom. The van der Waals surface area contributed by atoms with Crippen LogP contribution in [0, 0.1) is 0 Å². The fraction of sp³-hybridized carbons (Fsp3) is 0.524. The molecule has 0 radical (unpaired) electrons. The molecule has 8 nitrogen and oxygen atoms in total. The molecule has 30 heavy (non-hydrogen) atoms. The number of aryl methyl sites for hydroxylation is 1. The van der Waals surface area contributed by atoms with Gasteiger partial charge in [0.25, 0.3) is 5.56 Å². The minimum atomic E-state index is -1.05. The molecule has 0 saturated carbocycles. The van der Waals surface area contributed by atoms with Gasteiger partial charge >= 0.3 is 14.2 Å². The predicted molar refractivity (Wildman–Crippen MR) is 119 cm³/mol. The van der Waals surface area contributed by atoms with Crippen molar-refractivity contribution in [3.8, 4) is 5.75 Å². The predicted octanol–water partition coefficient (Wildman–Crippen LogP) is 3.29. The van der Waals surface area contributed by atoms with Crippen molar-refractivity contribution < 1.29 is 13.8 Å². The molecule has 1 N–H and O–H groups in total. The van der Waals surface area contributed by atoms with Gasteiger partial charge in [-0.1, -0.05) is 31.5 Å². The minimum absolute atomic E-state index is 0.138. The third-order valence-corrected chi connectivity index (χ3v) is 6.25. The van der Waals surface area contributed by atoms with Crippen LogP contribution in [0.2, 0.25) is 0 Å². The van der Waals surface area contributed by atoms with Crippen LogP contribution in [0.5, 0.6) is 5.75 Å². The molecule has 1 saturated heterocycles. The van der Waals surface area contributed by atoms with Gasteiger partial charge in [0.2, 0.25) is 0 Å². The lowest BCUT2D eigenvalue weighted by molar-refractivity contribution is 0.0523. The molecule has 0 amide bonds. The number of methoxy groups -OCH3 is 1. The number of rotatable bonds is 8. The first-order valence-corrected chi connectivity index (χ1v) is 11.4. The second kappa shape index (κ2) is 13.3. The van der Waals surface area contributed by atoms with Gasteiger partial charge in [-0.15, -0.1) is 0 Å². The highest BCUT2D eigenvalue weighted by Gasteiger charge is 2.26. The lowest BCUT2D eigenvalue weighted by Gasteiger charge is -2.32. The first kappa shape index (κ1) is 24.3. The van der Waals surface area contributed by atoms with Crippen molar-refractivity contribution in [2.75, 3.05) is 26.8 Å². The third kappa shape index (κ3) is 8.40. The second-order valence-corrected chi connectivity index (χ2v) is 8.42. The number of hydrogen-bond acceptors (Lipinski definition) is 6. The summed E-state index contributed by atoms with van der Waals surface area (Å²) in [5.41, 5.74) is -0.749. The Bertz CT molecular complexity index is 832. The Hall–Kier alpha value is -1.99. The molecule has 0 aliphatic carbocycles. The van der Waals surface area contributed by atoms with Crippen LogP contribution < -0.4 is 15.8 Å². The molecule has 0 spiro atoms. The highest BCUT2D eigenvalue weighted by molar-refractivity contribution is 7.45. The quantitative estimate of drug-likeness (QED) is 0.638. The fourth-order valence-electron chi connectivity index (χ4n) is 2.76. The zero-order chi connectivity index (χ0) is 21.8. The molecule has 3 rings (SSSR count). The Balaban J connectivity index is 0.000000297. The summed E-state index contributed by atoms with van der Waals surface area (Å²) < 4.78 is 21.2. The molecule has 9 heteroatoms. The van der Waals surface area contributed by atoms with Crippen molar-refractivity contribution in [1.82, 2.24) is 14.2 Å². The van der Waals surface area contributed by atoms with E-state index in [0.29, 0.717) is 6.61 Å². The number of benzene rings is 1. The van der Waals surface area contributed by atoms with E-state index in [-0.39, 0.29) is 17.4 Å². The van der Waals surface area contributed by atoms with Gasteiger partial charge in [0.15, 0.2) is 0 Å². The number of para-hydroxylation sites is 1. The zero-order valence-electron chi connectivity index (χ0n) is 18.0. The van der Waals surface area contributed by atoms with Gasteiger partial charge in [-0.25, -0.2) is 9.46 Å². The summed E-state index contributed by atoms with van der Waals surface area (Å²) in [5.74, 6) is 0.875. The number of aromatic nitrogens is 2. The van der Waals surface area contributed by atoms with Crippen LogP contribution in [0.4, 0.5) is 0 Å². The summed E-state index contributed by atoms with van der Waals surface area (Å²) in [6.07, 6.45) is 6.26. The molecule has 2 heterocycles. The van der Waals surface area contributed by atoms with Crippen LogP contribution in [0.25, 0.3) is 0 Å². The number of piperidine rings is 1. The highest BCUT2D eigenvalue weighted by Crippen LogP contribution is 2.45. The van der Waals surface area contributed by atoms with E-state index < -0.39 is 8.53 Å². The summed E-state index contributed by atoms with van der Waals surface area (Å²) in [4.78, 5) is 23.0. The van der Waals surface area contributed by atoms with E-state index in [0.717, 1.165) is 25.3 Å². The normalized spacial score (nSPS) is 16.2. The Labute approximate surface area is 178 Å². The van der Waals surface area contributed by atoms with Gasteiger partial charge in [-0.3, -0.25) is 9.78 Å². The van der Waals surface area contributed by atoms with Crippen LogP contribution in [-0.2, 0) is 16.3 Å². The van der Waals surface area contributed by atoms with Crippen molar-refractivity contribution >= 4 is 8.53 Å². The SMILES string of the molecule is CCC(COP(Oc1ccccc1)N1CCCCC1)OC.Cn1ccc(=O)[nH]c1=O. The molecule has 1 aliphatic rings. The molecule has 166 valence electrons.